The van der Waals surface area contributed by atoms with Crippen LogP contribution in [-0.4, -0.2) is 48.3 Å². The molecule has 1 aromatic heterocycles. The third kappa shape index (κ3) is 3.24. The molecule has 0 spiro atoms. The molecule has 1 saturated heterocycles. The molecule has 5 nitrogen and oxygen atoms in total. The van der Waals surface area contributed by atoms with E-state index in [-0.39, 0.29) is 39.3 Å². The molecule has 0 radical (unpaired) electrons. The second-order valence-corrected chi connectivity index (χ2v) is 7.64. The van der Waals surface area contributed by atoms with Gasteiger partial charge in [-0.3, -0.25) is 4.79 Å². The van der Waals surface area contributed by atoms with Gasteiger partial charge in [0.05, 0.1) is 16.5 Å². The first-order valence-corrected chi connectivity index (χ1v) is 8.75. The molecule has 8 heteroatoms. The van der Waals surface area contributed by atoms with Crippen LogP contribution < -0.4 is 0 Å². The van der Waals surface area contributed by atoms with Crippen molar-refractivity contribution in [3.63, 3.8) is 0 Å². The zero-order valence-electron chi connectivity index (χ0n) is 10.8. The van der Waals surface area contributed by atoms with Gasteiger partial charge in [-0.25, -0.2) is 13.4 Å². The van der Waals surface area contributed by atoms with Crippen molar-refractivity contribution in [2.24, 2.45) is 0 Å². The number of carbonyl (C=O) groups is 1. The van der Waals surface area contributed by atoms with Crippen molar-refractivity contribution in [3.8, 4) is 0 Å². The van der Waals surface area contributed by atoms with Crippen molar-refractivity contribution in [3.05, 3.63) is 28.0 Å². The van der Waals surface area contributed by atoms with E-state index >= 15 is 0 Å². The molecule has 2 heterocycles. The molecule has 110 valence electrons. The number of pyridine rings is 1. The van der Waals surface area contributed by atoms with Gasteiger partial charge >= 0.3 is 0 Å². The van der Waals surface area contributed by atoms with Gasteiger partial charge in [-0.1, -0.05) is 23.2 Å². The van der Waals surface area contributed by atoms with Gasteiger partial charge in [0.1, 0.15) is 10.8 Å². The topological polar surface area (TPSA) is 67.3 Å². The molecule has 1 aromatic rings. The zero-order valence-corrected chi connectivity index (χ0v) is 13.2. The predicted octanol–water partition coefficient (Wildman–Crippen LogP) is 2.04. The molecule has 0 N–H and O–H groups in total. The van der Waals surface area contributed by atoms with E-state index in [1.165, 1.54) is 17.0 Å². The van der Waals surface area contributed by atoms with Crippen LogP contribution in [0, 0.1) is 0 Å². The van der Waals surface area contributed by atoms with E-state index in [0.717, 1.165) is 0 Å². The maximum atomic E-state index is 12.5. The third-order valence-electron chi connectivity index (χ3n) is 3.27. The van der Waals surface area contributed by atoms with Crippen LogP contribution in [0.15, 0.2) is 12.1 Å². The number of sulfone groups is 1. The van der Waals surface area contributed by atoms with Gasteiger partial charge in [0.25, 0.3) is 5.91 Å². The molecule has 0 bridgehead atoms. The molecule has 1 unspecified atom stereocenters. The Balaban J connectivity index is 2.28. The summed E-state index contributed by atoms with van der Waals surface area (Å²) < 4.78 is 23.1. The predicted molar refractivity (Wildman–Crippen MR) is 78.0 cm³/mol. The smallest absolute Gasteiger partial charge is 0.274 e. The monoisotopic (exact) mass is 336 g/mol. The Bertz CT molecular complexity index is 634. The van der Waals surface area contributed by atoms with Crippen LogP contribution in [0.1, 0.15) is 23.8 Å². The molecule has 0 saturated carbocycles. The number of halogens is 2. The summed E-state index contributed by atoms with van der Waals surface area (Å²) >= 11 is 11.7. The van der Waals surface area contributed by atoms with Crippen LogP contribution in [0.3, 0.4) is 0 Å². The largest absolute Gasteiger partial charge is 0.334 e. The van der Waals surface area contributed by atoms with Gasteiger partial charge in [0, 0.05) is 12.6 Å². The van der Waals surface area contributed by atoms with Crippen molar-refractivity contribution in [1.82, 2.24) is 9.88 Å². The molecule has 0 aliphatic carbocycles. The number of rotatable bonds is 3. The van der Waals surface area contributed by atoms with Crippen LogP contribution in [-0.2, 0) is 9.84 Å². The third-order valence-corrected chi connectivity index (χ3v) is 5.53. The summed E-state index contributed by atoms with van der Waals surface area (Å²) in [6, 6.07) is 2.68. The fraction of sp³-hybridized carbons (Fsp3) is 0.500. The normalized spacial score (nSPS) is 20.9. The van der Waals surface area contributed by atoms with Gasteiger partial charge in [0.15, 0.2) is 9.84 Å². The van der Waals surface area contributed by atoms with E-state index in [1.54, 1.807) is 6.92 Å². The molecule has 2 rings (SSSR count). The van der Waals surface area contributed by atoms with Gasteiger partial charge in [-0.05, 0) is 25.5 Å². The quantitative estimate of drug-likeness (QED) is 0.792. The Kier molecular flexibility index (Phi) is 4.56. The standard InChI is InChI=1S/C12H14Cl2N2O3S/c1-2-16(8-5-6-20(18,19)7-8)12(17)11-9(13)3-4-10(14)15-11/h3-4,8H,2,5-7H2,1H3. The Hall–Kier alpha value is -0.850. The van der Waals surface area contributed by atoms with E-state index in [9.17, 15) is 13.2 Å². The zero-order chi connectivity index (χ0) is 14.9. The van der Waals surface area contributed by atoms with E-state index < -0.39 is 9.84 Å². The summed E-state index contributed by atoms with van der Waals surface area (Å²) in [5.41, 5.74) is 0.0605. The summed E-state index contributed by atoms with van der Waals surface area (Å²) in [6.07, 6.45) is 0.445. The number of amides is 1. The minimum Gasteiger partial charge on any atom is -0.334 e. The van der Waals surface area contributed by atoms with Crippen LogP contribution >= 0.6 is 23.2 Å². The van der Waals surface area contributed by atoms with Crippen LogP contribution in [0.2, 0.25) is 10.2 Å². The first kappa shape index (κ1) is 15.5. The molecule has 1 amide bonds. The SMILES string of the molecule is CCN(C(=O)c1nc(Cl)ccc1Cl)C1CCS(=O)(=O)C1. The Morgan fingerprint density at radius 1 is 1.45 bits per heavy atom. The van der Waals surface area contributed by atoms with E-state index in [1.807, 2.05) is 0 Å². The molecule has 1 fully saturated rings. The summed E-state index contributed by atoms with van der Waals surface area (Å²) in [5, 5.41) is 0.381. The van der Waals surface area contributed by atoms with Crippen LogP contribution in [0.25, 0.3) is 0 Å². The maximum absolute atomic E-state index is 12.5. The molecule has 20 heavy (non-hydrogen) atoms. The lowest BCUT2D eigenvalue weighted by atomic mass is 10.2. The summed E-state index contributed by atoms with van der Waals surface area (Å²) in [6.45, 7) is 2.19. The van der Waals surface area contributed by atoms with Crippen LogP contribution in [0.5, 0.6) is 0 Å². The minimum atomic E-state index is -3.06. The lowest BCUT2D eigenvalue weighted by molar-refractivity contribution is 0.0702. The highest BCUT2D eigenvalue weighted by atomic mass is 35.5. The number of nitrogens with zero attached hydrogens (tertiary/aromatic N) is 2. The average molecular weight is 337 g/mol. The Labute approximate surface area is 127 Å². The molecular formula is C12H14Cl2N2O3S. The second kappa shape index (κ2) is 5.87. The molecule has 1 atom stereocenters. The molecule has 0 aromatic carbocycles. The van der Waals surface area contributed by atoms with Gasteiger partial charge in [-0.2, -0.15) is 0 Å². The van der Waals surface area contributed by atoms with Crippen molar-refractivity contribution in [1.29, 1.82) is 0 Å². The lowest BCUT2D eigenvalue weighted by Crippen LogP contribution is -2.41. The van der Waals surface area contributed by atoms with Gasteiger partial charge < -0.3 is 4.90 Å². The fourth-order valence-electron chi connectivity index (χ4n) is 2.29. The highest BCUT2D eigenvalue weighted by Gasteiger charge is 2.35. The first-order chi connectivity index (χ1) is 9.34. The number of aromatic nitrogens is 1. The summed E-state index contributed by atoms with van der Waals surface area (Å²) in [7, 11) is -3.06. The highest BCUT2D eigenvalue weighted by molar-refractivity contribution is 7.91. The maximum Gasteiger partial charge on any atom is 0.274 e. The first-order valence-electron chi connectivity index (χ1n) is 6.17. The highest BCUT2D eigenvalue weighted by Crippen LogP contribution is 2.23. The Morgan fingerprint density at radius 3 is 2.70 bits per heavy atom. The van der Waals surface area contributed by atoms with E-state index in [0.29, 0.717) is 13.0 Å². The summed E-state index contributed by atoms with van der Waals surface area (Å²) in [4.78, 5) is 17.9. The number of hydrogen-bond donors (Lipinski definition) is 0. The number of carbonyl (C=O) groups excluding carboxylic acids is 1. The average Bonchev–Trinajstić information content (AvgIpc) is 2.73. The minimum absolute atomic E-state index is 0.00916. The molecule has 1 aliphatic heterocycles. The summed E-state index contributed by atoms with van der Waals surface area (Å²) in [5.74, 6) is -0.287. The second-order valence-electron chi connectivity index (χ2n) is 4.61. The molecule has 1 aliphatic rings. The van der Waals surface area contributed by atoms with Crippen molar-refractivity contribution in [2.75, 3.05) is 18.1 Å². The van der Waals surface area contributed by atoms with E-state index in [4.69, 9.17) is 23.2 Å². The van der Waals surface area contributed by atoms with Crippen molar-refractivity contribution in [2.45, 2.75) is 19.4 Å². The number of hydrogen-bond acceptors (Lipinski definition) is 4. The van der Waals surface area contributed by atoms with E-state index in [2.05, 4.69) is 4.98 Å². The molecular weight excluding hydrogens is 323 g/mol. The van der Waals surface area contributed by atoms with Crippen molar-refractivity contribution >= 4 is 38.9 Å². The fourth-order valence-corrected chi connectivity index (χ4v) is 4.36. The van der Waals surface area contributed by atoms with Gasteiger partial charge in [-0.15, -0.1) is 0 Å². The van der Waals surface area contributed by atoms with Crippen LogP contribution in [0.4, 0.5) is 0 Å². The van der Waals surface area contributed by atoms with Gasteiger partial charge in [0.2, 0.25) is 0 Å². The Morgan fingerprint density at radius 2 is 2.15 bits per heavy atom. The van der Waals surface area contributed by atoms with Crippen molar-refractivity contribution < 1.29 is 13.2 Å². The lowest BCUT2D eigenvalue weighted by Gasteiger charge is -2.26.